The summed E-state index contributed by atoms with van der Waals surface area (Å²) in [4.78, 5) is 3.37. The van der Waals surface area contributed by atoms with Crippen molar-refractivity contribution in [1.29, 1.82) is 0 Å². The molecule has 0 aromatic rings. The van der Waals surface area contributed by atoms with E-state index in [9.17, 15) is 0 Å². The zero-order chi connectivity index (χ0) is 6.15. The second-order valence-corrected chi connectivity index (χ2v) is 2.89. The van der Waals surface area contributed by atoms with E-state index in [1.807, 2.05) is 11.9 Å². The molecule has 44 valence electrons. The Balaban J connectivity index is 2.92. The van der Waals surface area contributed by atoms with Gasteiger partial charge < -0.3 is 4.90 Å². The van der Waals surface area contributed by atoms with Gasteiger partial charge in [-0.25, -0.2) is 0 Å². The molecule has 8 heavy (non-hydrogen) atoms. The lowest BCUT2D eigenvalue weighted by Gasteiger charge is -2.05. The van der Waals surface area contributed by atoms with Crippen molar-refractivity contribution in [3.63, 3.8) is 0 Å². The number of nitrogens with zero attached hydrogens (tertiary/aromatic N) is 1. The molecule has 0 amide bonds. The Bertz CT molecular complexity index is 194. The fraction of sp³-hybridized carbons (Fsp3) is 0.500. The van der Waals surface area contributed by atoms with Crippen LogP contribution in [0.4, 0.5) is 0 Å². The topological polar surface area (TPSA) is 3.24 Å². The second-order valence-electron chi connectivity index (χ2n) is 1.89. The molecule has 1 nitrogen and oxygen atoms in total. The summed E-state index contributed by atoms with van der Waals surface area (Å²) in [6, 6.07) is 0. The molecular formula is C6H9NS. The average Bonchev–Trinajstić information content (AvgIpc) is 1.98. The fourth-order valence-electron chi connectivity index (χ4n) is 0.515. The van der Waals surface area contributed by atoms with E-state index in [1.165, 1.54) is 10.6 Å². The van der Waals surface area contributed by atoms with Crippen LogP contribution in [0.2, 0.25) is 0 Å². The minimum Gasteiger partial charge on any atom is -0.306 e. The lowest BCUT2D eigenvalue weighted by atomic mass is 10.4. The molecular weight excluding hydrogens is 118 g/mol. The monoisotopic (exact) mass is 127 g/mol. The zero-order valence-electron chi connectivity index (χ0n) is 5.36. The minimum atomic E-state index is 1.31. The quantitative estimate of drug-likeness (QED) is 0.480. The van der Waals surface area contributed by atoms with E-state index < -0.39 is 0 Å². The van der Waals surface area contributed by atoms with Crippen LogP contribution in [0.15, 0.2) is 10.6 Å². The van der Waals surface area contributed by atoms with Crippen LogP contribution in [-0.4, -0.2) is 11.9 Å². The Hall–Kier alpha value is -0.460. The van der Waals surface area contributed by atoms with Crippen LogP contribution >= 0.6 is 11.2 Å². The highest BCUT2D eigenvalue weighted by Gasteiger charge is 2.02. The SMILES string of the molecule is CC1=C(C)N(C)C#S1. The van der Waals surface area contributed by atoms with Crippen LogP contribution in [0.1, 0.15) is 13.8 Å². The summed E-state index contributed by atoms with van der Waals surface area (Å²) < 4.78 is 0. The van der Waals surface area contributed by atoms with Crippen LogP contribution < -0.4 is 0 Å². The Morgan fingerprint density at radius 2 is 2.12 bits per heavy atom. The Labute approximate surface area is 53.6 Å². The number of allylic oxidation sites excluding steroid dienone is 2. The molecule has 0 saturated carbocycles. The van der Waals surface area contributed by atoms with Gasteiger partial charge in [0.05, 0.1) is 0 Å². The highest BCUT2D eigenvalue weighted by molar-refractivity contribution is 7.92. The van der Waals surface area contributed by atoms with Crippen molar-refractivity contribution in [2.45, 2.75) is 13.8 Å². The summed E-state index contributed by atoms with van der Waals surface area (Å²) >= 11 is 1.67. The summed E-state index contributed by atoms with van der Waals surface area (Å²) in [6.45, 7) is 4.21. The van der Waals surface area contributed by atoms with Crippen molar-refractivity contribution in [1.82, 2.24) is 4.90 Å². The van der Waals surface area contributed by atoms with Gasteiger partial charge in [0.1, 0.15) is 0 Å². The van der Waals surface area contributed by atoms with Crippen LogP contribution in [0.25, 0.3) is 0 Å². The van der Waals surface area contributed by atoms with Gasteiger partial charge >= 0.3 is 0 Å². The van der Waals surface area contributed by atoms with Crippen molar-refractivity contribution in [3.8, 4) is 5.31 Å². The van der Waals surface area contributed by atoms with Gasteiger partial charge in [-0.2, -0.15) is 0 Å². The van der Waals surface area contributed by atoms with Gasteiger partial charge in [0.25, 0.3) is 0 Å². The lowest BCUT2D eigenvalue weighted by Crippen LogP contribution is -2.04. The number of rotatable bonds is 0. The summed E-state index contributed by atoms with van der Waals surface area (Å²) in [5.41, 5.74) is 1.31. The van der Waals surface area contributed by atoms with Crippen molar-refractivity contribution < 1.29 is 0 Å². The molecule has 0 bridgehead atoms. The smallest absolute Gasteiger partial charge is 0.0364 e. The zero-order valence-corrected chi connectivity index (χ0v) is 6.17. The Morgan fingerprint density at radius 1 is 1.50 bits per heavy atom. The molecule has 0 unspecified atom stereocenters. The molecule has 1 heterocycles. The first-order valence-corrected chi connectivity index (χ1v) is 3.37. The molecule has 1 aliphatic heterocycles. The third-order valence-corrected chi connectivity index (χ3v) is 2.32. The minimum absolute atomic E-state index is 1.31. The largest absolute Gasteiger partial charge is 0.306 e. The molecule has 0 atom stereocenters. The predicted molar refractivity (Wildman–Crippen MR) is 37.6 cm³/mol. The Kier molecular flexibility index (Phi) is 1.28. The first-order valence-electron chi connectivity index (χ1n) is 2.55. The van der Waals surface area contributed by atoms with E-state index in [4.69, 9.17) is 0 Å². The van der Waals surface area contributed by atoms with Crippen molar-refractivity contribution in [2.24, 2.45) is 0 Å². The van der Waals surface area contributed by atoms with E-state index in [-0.39, 0.29) is 0 Å². The highest BCUT2D eigenvalue weighted by Crippen LogP contribution is 2.18. The van der Waals surface area contributed by atoms with Gasteiger partial charge in [0.15, 0.2) is 0 Å². The summed E-state index contributed by atoms with van der Waals surface area (Å²) in [5.74, 6) is 0. The first-order chi connectivity index (χ1) is 3.72. The van der Waals surface area contributed by atoms with E-state index in [1.54, 1.807) is 11.2 Å². The van der Waals surface area contributed by atoms with E-state index in [2.05, 4.69) is 19.2 Å². The molecule has 0 fully saturated rings. The molecule has 1 rings (SSSR count). The molecule has 0 saturated heterocycles. The standard InChI is InChI=1S/C6H9NS/c1-5-6(2)8-4-7(5)3/h1-3H3. The van der Waals surface area contributed by atoms with Gasteiger partial charge in [-0.15, -0.1) is 0 Å². The molecule has 1 aliphatic rings. The lowest BCUT2D eigenvalue weighted by molar-refractivity contribution is 0.608. The maximum absolute atomic E-state index is 3.09. The molecule has 0 radical (unpaired) electrons. The maximum atomic E-state index is 3.09. The maximum Gasteiger partial charge on any atom is 0.0364 e. The number of hydrogen-bond acceptors (Lipinski definition) is 1. The van der Waals surface area contributed by atoms with Crippen LogP contribution in [0.5, 0.6) is 0 Å². The van der Waals surface area contributed by atoms with Crippen LogP contribution in [0, 0.1) is 5.31 Å². The molecule has 0 aromatic carbocycles. The molecule has 2 heteroatoms. The van der Waals surface area contributed by atoms with Crippen molar-refractivity contribution in [2.75, 3.05) is 7.05 Å². The second kappa shape index (κ2) is 1.81. The summed E-state index contributed by atoms with van der Waals surface area (Å²) in [7, 11) is 2.01. The van der Waals surface area contributed by atoms with E-state index in [0.29, 0.717) is 0 Å². The average molecular weight is 127 g/mol. The summed E-state index contributed by atoms with van der Waals surface area (Å²) in [5, 5.41) is 3.09. The van der Waals surface area contributed by atoms with Crippen LogP contribution in [0.3, 0.4) is 0 Å². The van der Waals surface area contributed by atoms with Crippen LogP contribution in [-0.2, 0) is 0 Å². The van der Waals surface area contributed by atoms with Gasteiger partial charge in [-0.1, -0.05) is 11.2 Å². The first kappa shape index (κ1) is 5.67. The predicted octanol–water partition coefficient (Wildman–Crippen LogP) is 1.83. The molecule has 0 aromatic heterocycles. The molecule has 0 aliphatic carbocycles. The third-order valence-electron chi connectivity index (χ3n) is 1.35. The molecule has 0 spiro atoms. The van der Waals surface area contributed by atoms with Gasteiger partial charge in [-0.3, -0.25) is 0 Å². The van der Waals surface area contributed by atoms with E-state index in [0.717, 1.165) is 0 Å². The highest BCUT2D eigenvalue weighted by atomic mass is 32.1. The number of hydrogen-bond donors (Lipinski definition) is 0. The third kappa shape index (κ3) is 0.726. The fourth-order valence-corrected chi connectivity index (χ4v) is 1.21. The normalized spacial score (nSPS) is 17.6. The van der Waals surface area contributed by atoms with Crippen molar-refractivity contribution >= 4 is 11.2 Å². The summed E-state index contributed by atoms with van der Waals surface area (Å²) in [6.07, 6.45) is 0. The van der Waals surface area contributed by atoms with Gasteiger partial charge in [-0.05, 0) is 13.8 Å². The Morgan fingerprint density at radius 3 is 2.25 bits per heavy atom. The van der Waals surface area contributed by atoms with Gasteiger partial charge in [0.2, 0.25) is 0 Å². The van der Waals surface area contributed by atoms with Crippen molar-refractivity contribution in [3.05, 3.63) is 10.6 Å². The molecule has 0 N–H and O–H groups in total. The van der Waals surface area contributed by atoms with Gasteiger partial charge in [0, 0.05) is 23.0 Å². The van der Waals surface area contributed by atoms with E-state index >= 15 is 0 Å².